The molecule has 0 spiro atoms. The fourth-order valence-electron chi connectivity index (χ4n) is 2.66. The van der Waals surface area contributed by atoms with Gasteiger partial charge in [-0.1, -0.05) is 6.07 Å². The van der Waals surface area contributed by atoms with E-state index in [0.29, 0.717) is 17.2 Å². The van der Waals surface area contributed by atoms with Crippen molar-refractivity contribution in [3.05, 3.63) is 54.0 Å². The standard InChI is InChI=1S/C18H20N2O4/c1-18(11-21,13-7-8-13)20-16(22)12-4-2-5-14(10-12)19-17(23)15-6-3-9-24-15/h2-6,9-10,13,21H,7-8,11H2,1H3,(H,19,23)(H,20,22). The Hall–Kier alpha value is -2.60. The van der Waals surface area contributed by atoms with Crippen LogP contribution in [0.4, 0.5) is 5.69 Å². The van der Waals surface area contributed by atoms with E-state index in [-0.39, 0.29) is 24.2 Å². The van der Waals surface area contributed by atoms with E-state index in [0.717, 1.165) is 12.8 Å². The van der Waals surface area contributed by atoms with E-state index < -0.39 is 5.54 Å². The summed E-state index contributed by atoms with van der Waals surface area (Å²) in [5.74, 6) is -0.136. The van der Waals surface area contributed by atoms with Gasteiger partial charge < -0.3 is 20.2 Å². The van der Waals surface area contributed by atoms with E-state index in [9.17, 15) is 14.7 Å². The van der Waals surface area contributed by atoms with Gasteiger partial charge in [0, 0.05) is 11.3 Å². The third-order valence-electron chi connectivity index (χ3n) is 4.33. The van der Waals surface area contributed by atoms with Gasteiger partial charge in [-0.15, -0.1) is 0 Å². The second-order valence-electron chi connectivity index (χ2n) is 6.32. The third-order valence-corrected chi connectivity index (χ3v) is 4.33. The van der Waals surface area contributed by atoms with Gasteiger partial charge in [-0.05, 0) is 56.0 Å². The van der Waals surface area contributed by atoms with Gasteiger partial charge in [0.05, 0.1) is 18.4 Å². The number of aliphatic hydroxyl groups is 1. The molecule has 0 aliphatic heterocycles. The molecule has 6 heteroatoms. The van der Waals surface area contributed by atoms with Gasteiger partial charge in [-0.2, -0.15) is 0 Å². The zero-order valence-corrected chi connectivity index (χ0v) is 13.4. The number of amides is 2. The maximum absolute atomic E-state index is 12.5. The Labute approximate surface area is 139 Å². The first-order chi connectivity index (χ1) is 11.5. The molecule has 1 aliphatic rings. The molecule has 0 radical (unpaired) electrons. The molecule has 6 nitrogen and oxygen atoms in total. The topological polar surface area (TPSA) is 91.6 Å². The molecule has 1 saturated carbocycles. The molecule has 24 heavy (non-hydrogen) atoms. The van der Waals surface area contributed by atoms with Crippen molar-refractivity contribution < 1.29 is 19.1 Å². The molecule has 0 bridgehead atoms. The van der Waals surface area contributed by atoms with Gasteiger partial charge in [0.2, 0.25) is 0 Å². The Bertz CT molecular complexity index is 737. The smallest absolute Gasteiger partial charge is 0.291 e. The van der Waals surface area contributed by atoms with E-state index in [2.05, 4.69) is 10.6 Å². The predicted molar refractivity (Wildman–Crippen MR) is 88.8 cm³/mol. The maximum Gasteiger partial charge on any atom is 0.291 e. The number of aliphatic hydroxyl groups excluding tert-OH is 1. The molecule has 3 rings (SSSR count). The Balaban J connectivity index is 1.70. The molecular formula is C18H20N2O4. The zero-order valence-electron chi connectivity index (χ0n) is 13.4. The summed E-state index contributed by atoms with van der Waals surface area (Å²) in [5, 5.41) is 15.2. The number of rotatable bonds is 6. The van der Waals surface area contributed by atoms with Gasteiger partial charge in [0.15, 0.2) is 5.76 Å². The molecule has 2 aromatic rings. The summed E-state index contributed by atoms with van der Waals surface area (Å²) in [6.07, 6.45) is 3.44. The predicted octanol–water partition coefficient (Wildman–Crippen LogP) is 2.42. The zero-order chi connectivity index (χ0) is 17.2. The van der Waals surface area contributed by atoms with Gasteiger partial charge in [0.25, 0.3) is 11.8 Å². The average Bonchev–Trinajstić information content (AvgIpc) is 3.30. The Morgan fingerprint density at radius 2 is 2.04 bits per heavy atom. The minimum absolute atomic E-state index is 0.0989. The monoisotopic (exact) mass is 328 g/mol. The van der Waals surface area contributed by atoms with Crippen LogP contribution in [0.25, 0.3) is 0 Å². The van der Waals surface area contributed by atoms with Crippen LogP contribution in [0.5, 0.6) is 0 Å². The lowest BCUT2D eigenvalue weighted by Gasteiger charge is -2.28. The number of nitrogens with one attached hydrogen (secondary N) is 2. The molecule has 1 fully saturated rings. The molecule has 1 aromatic heterocycles. The van der Waals surface area contributed by atoms with Crippen molar-refractivity contribution in [1.82, 2.24) is 5.32 Å². The summed E-state index contributed by atoms with van der Waals surface area (Å²) < 4.78 is 5.04. The molecule has 126 valence electrons. The van der Waals surface area contributed by atoms with Crippen molar-refractivity contribution in [2.45, 2.75) is 25.3 Å². The Morgan fingerprint density at radius 1 is 1.25 bits per heavy atom. The van der Waals surface area contributed by atoms with E-state index in [1.807, 2.05) is 6.92 Å². The van der Waals surface area contributed by atoms with Crippen LogP contribution in [-0.2, 0) is 0 Å². The number of hydrogen-bond acceptors (Lipinski definition) is 4. The number of furan rings is 1. The van der Waals surface area contributed by atoms with Gasteiger partial charge in [0.1, 0.15) is 0 Å². The van der Waals surface area contributed by atoms with Crippen molar-refractivity contribution in [2.24, 2.45) is 5.92 Å². The van der Waals surface area contributed by atoms with E-state index >= 15 is 0 Å². The first-order valence-electron chi connectivity index (χ1n) is 7.90. The van der Waals surface area contributed by atoms with Gasteiger partial charge in [-0.3, -0.25) is 9.59 Å². The van der Waals surface area contributed by atoms with E-state index in [1.165, 1.54) is 6.26 Å². The van der Waals surface area contributed by atoms with Crippen molar-refractivity contribution in [1.29, 1.82) is 0 Å². The molecule has 1 aromatic carbocycles. The van der Waals surface area contributed by atoms with Crippen LogP contribution < -0.4 is 10.6 Å². The van der Waals surface area contributed by atoms with Crippen LogP contribution in [-0.4, -0.2) is 29.1 Å². The van der Waals surface area contributed by atoms with Gasteiger partial charge in [-0.25, -0.2) is 0 Å². The molecular weight excluding hydrogens is 308 g/mol. The average molecular weight is 328 g/mol. The number of benzene rings is 1. The molecule has 1 aliphatic carbocycles. The molecule has 1 atom stereocenters. The largest absolute Gasteiger partial charge is 0.459 e. The highest BCUT2D eigenvalue weighted by Gasteiger charge is 2.42. The summed E-state index contributed by atoms with van der Waals surface area (Å²) in [5.41, 5.74) is 0.318. The summed E-state index contributed by atoms with van der Waals surface area (Å²) in [6, 6.07) is 9.86. The number of hydrogen-bond donors (Lipinski definition) is 3. The van der Waals surface area contributed by atoms with Crippen LogP contribution in [0.1, 0.15) is 40.7 Å². The first-order valence-corrected chi connectivity index (χ1v) is 7.90. The summed E-state index contributed by atoms with van der Waals surface area (Å²) in [6.45, 7) is 1.75. The summed E-state index contributed by atoms with van der Waals surface area (Å²) in [7, 11) is 0. The number of carbonyl (C=O) groups is 2. The lowest BCUT2D eigenvalue weighted by atomic mass is 9.96. The quantitative estimate of drug-likeness (QED) is 0.759. The minimum atomic E-state index is -0.607. The van der Waals surface area contributed by atoms with Crippen molar-refractivity contribution in [3.63, 3.8) is 0 Å². The molecule has 1 unspecified atom stereocenters. The van der Waals surface area contributed by atoms with Gasteiger partial charge >= 0.3 is 0 Å². The van der Waals surface area contributed by atoms with Crippen LogP contribution in [0, 0.1) is 5.92 Å². The normalized spacial score (nSPS) is 16.2. The Kier molecular flexibility index (Phi) is 4.40. The molecule has 2 amide bonds. The summed E-state index contributed by atoms with van der Waals surface area (Å²) in [4.78, 5) is 24.5. The SMILES string of the molecule is CC(CO)(NC(=O)c1cccc(NC(=O)c2ccco2)c1)C1CC1. The fourth-order valence-corrected chi connectivity index (χ4v) is 2.66. The second-order valence-corrected chi connectivity index (χ2v) is 6.32. The minimum Gasteiger partial charge on any atom is -0.459 e. The van der Waals surface area contributed by atoms with E-state index in [1.54, 1.807) is 36.4 Å². The van der Waals surface area contributed by atoms with Crippen LogP contribution in [0.15, 0.2) is 47.1 Å². The van der Waals surface area contributed by atoms with Crippen LogP contribution in [0.2, 0.25) is 0 Å². The molecule has 0 saturated heterocycles. The lowest BCUT2D eigenvalue weighted by molar-refractivity contribution is 0.0824. The van der Waals surface area contributed by atoms with Crippen LogP contribution in [0.3, 0.4) is 0 Å². The van der Waals surface area contributed by atoms with Crippen molar-refractivity contribution in [3.8, 4) is 0 Å². The molecule has 3 N–H and O–H groups in total. The maximum atomic E-state index is 12.5. The highest BCUT2D eigenvalue weighted by atomic mass is 16.3. The number of carbonyl (C=O) groups excluding carboxylic acids is 2. The third kappa shape index (κ3) is 3.49. The van der Waals surface area contributed by atoms with Crippen molar-refractivity contribution in [2.75, 3.05) is 11.9 Å². The lowest BCUT2D eigenvalue weighted by Crippen LogP contribution is -2.50. The summed E-state index contributed by atoms with van der Waals surface area (Å²) >= 11 is 0. The first kappa shape index (κ1) is 16.3. The fraction of sp³-hybridized carbons (Fsp3) is 0.333. The highest BCUT2D eigenvalue weighted by Crippen LogP contribution is 2.39. The Morgan fingerprint density at radius 3 is 2.67 bits per heavy atom. The second kappa shape index (κ2) is 6.49. The number of anilines is 1. The van der Waals surface area contributed by atoms with E-state index in [4.69, 9.17) is 4.42 Å². The highest BCUT2D eigenvalue weighted by molar-refractivity contribution is 6.03. The van der Waals surface area contributed by atoms with Crippen molar-refractivity contribution >= 4 is 17.5 Å². The van der Waals surface area contributed by atoms with Crippen LogP contribution >= 0.6 is 0 Å². The molecule has 1 heterocycles.